The molecule has 0 fully saturated rings. The summed E-state index contributed by atoms with van der Waals surface area (Å²) in [6, 6.07) is 11.3. The Morgan fingerprint density at radius 1 is 1.08 bits per heavy atom. The number of carbonyl (C=O) groups excluding carboxylic acids is 1. The fraction of sp³-hybridized carbons (Fsp3) is 0.500. The van der Waals surface area contributed by atoms with E-state index in [4.69, 9.17) is 13.8 Å². The van der Waals surface area contributed by atoms with Gasteiger partial charge in [0.2, 0.25) is 0 Å². The quantitative estimate of drug-likeness (QED) is 0.194. The van der Waals surface area contributed by atoms with Crippen molar-refractivity contribution in [2.75, 3.05) is 13.2 Å². The van der Waals surface area contributed by atoms with Crippen LogP contribution in [0.1, 0.15) is 61.8 Å². The largest absolute Gasteiger partial charge is 0.488 e. The molecule has 0 N–H and O–H groups in total. The number of rotatable bonds is 11. The smallest absolute Gasteiger partial charge is 0.453 e. The van der Waals surface area contributed by atoms with E-state index in [1.54, 1.807) is 37.3 Å². The SMILES string of the molecule is CCCCOC(=O)S(=O)(=O)ON(CCC)C1CCc2c(ccc(OCc3ccccc3)c2C(F)(F)F)C1. The second-order valence-corrected chi connectivity index (χ2v) is 10.3. The van der Waals surface area contributed by atoms with Gasteiger partial charge in [-0.3, -0.25) is 0 Å². The molecule has 0 heterocycles. The minimum atomic E-state index is -4.70. The third kappa shape index (κ3) is 7.68. The first kappa shape index (κ1) is 28.9. The number of hydrogen-bond donors (Lipinski definition) is 0. The molecule has 3 rings (SSSR count). The molecule has 0 spiro atoms. The first-order valence-electron chi connectivity index (χ1n) is 12.3. The van der Waals surface area contributed by atoms with Crippen molar-refractivity contribution in [1.82, 2.24) is 5.06 Å². The molecule has 7 nitrogen and oxygen atoms in total. The van der Waals surface area contributed by atoms with Gasteiger partial charge >= 0.3 is 21.6 Å². The van der Waals surface area contributed by atoms with Gasteiger partial charge in [0.25, 0.3) is 0 Å². The van der Waals surface area contributed by atoms with Crippen molar-refractivity contribution in [3.8, 4) is 5.75 Å². The Kier molecular flexibility index (Phi) is 9.97. The van der Waals surface area contributed by atoms with Crippen LogP contribution in [0.15, 0.2) is 42.5 Å². The molecule has 0 saturated carbocycles. The number of fused-ring (bicyclic) bond motifs is 1. The van der Waals surface area contributed by atoms with E-state index in [1.165, 1.54) is 11.1 Å². The molecule has 0 aliphatic heterocycles. The number of ether oxygens (including phenoxy) is 2. The average molecular weight is 544 g/mol. The third-order valence-corrected chi connectivity index (χ3v) is 6.96. The van der Waals surface area contributed by atoms with Gasteiger partial charge in [-0.1, -0.05) is 56.7 Å². The summed E-state index contributed by atoms with van der Waals surface area (Å²) < 4.78 is 82.7. The Labute approximate surface area is 215 Å². The van der Waals surface area contributed by atoms with E-state index in [0.29, 0.717) is 18.4 Å². The number of benzene rings is 2. The number of hydrogen-bond acceptors (Lipinski definition) is 7. The van der Waals surface area contributed by atoms with Crippen molar-refractivity contribution in [2.45, 2.75) is 71.2 Å². The van der Waals surface area contributed by atoms with Crippen LogP contribution in [0.4, 0.5) is 18.0 Å². The number of halogens is 3. The summed E-state index contributed by atoms with van der Waals surface area (Å²) in [4.78, 5) is 12.0. The highest BCUT2D eigenvalue weighted by molar-refractivity contribution is 8.01. The lowest BCUT2D eigenvalue weighted by Gasteiger charge is -2.34. The van der Waals surface area contributed by atoms with E-state index in [-0.39, 0.29) is 50.3 Å². The zero-order chi connectivity index (χ0) is 27.1. The van der Waals surface area contributed by atoms with Crippen LogP contribution in [0, 0.1) is 0 Å². The van der Waals surface area contributed by atoms with Crippen molar-refractivity contribution < 1.29 is 40.1 Å². The minimum absolute atomic E-state index is 0.00430. The van der Waals surface area contributed by atoms with Gasteiger partial charge in [-0.15, -0.1) is 0 Å². The number of nitrogens with zero attached hydrogens (tertiary/aromatic N) is 1. The fourth-order valence-corrected chi connectivity index (χ4v) is 4.99. The van der Waals surface area contributed by atoms with Gasteiger partial charge < -0.3 is 9.47 Å². The van der Waals surface area contributed by atoms with E-state index >= 15 is 0 Å². The standard InChI is InChI=1S/C26H32F3NO6S/c1-3-5-16-34-25(31)37(32,33)36-30(15-4-2)21-12-13-22-20(17-21)11-14-23(24(22)26(27,28)29)35-18-19-9-7-6-8-10-19/h6-11,14,21H,3-5,12-13,15-18H2,1-2H3. The molecule has 0 amide bonds. The number of hydroxylamine groups is 2. The van der Waals surface area contributed by atoms with E-state index in [1.807, 2.05) is 13.0 Å². The van der Waals surface area contributed by atoms with Gasteiger partial charge in [0, 0.05) is 12.6 Å². The second kappa shape index (κ2) is 12.7. The van der Waals surface area contributed by atoms with Gasteiger partial charge in [-0.05, 0) is 54.9 Å². The molecule has 11 heteroatoms. The monoisotopic (exact) mass is 543 g/mol. The maximum absolute atomic E-state index is 14.1. The molecule has 0 radical (unpaired) electrons. The van der Waals surface area contributed by atoms with Crippen molar-refractivity contribution in [1.29, 1.82) is 0 Å². The van der Waals surface area contributed by atoms with Gasteiger partial charge in [-0.2, -0.15) is 30.9 Å². The Hall–Kier alpha value is -2.63. The summed E-state index contributed by atoms with van der Waals surface area (Å²) >= 11 is 0. The summed E-state index contributed by atoms with van der Waals surface area (Å²) in [6.07, 6.45) is -2.52. The molecule has 1 aliphatic rings. The van der Waals surface area contributed by atoms with Crippen LogP contribution in [-0.2, 0) is 44.8 Å². The molecule has 0 saturated heterocycles. The molecule has 1 atom stereocenters. The molecule has 204 valence electrons. The van der Waals surface area contributed by atoms with Crippen molar-refractivity contribution >= 4 is 15.4 Å². The van der Waals surface area contributed by atoms with Gasteiger partial charge in [0.15, 0.2) is 0 Å². The van der Waals surface area contributed by atoms with Crippen molar-refractivity contribution in [3.05, 3.63) is 64.7 Å². The first-order valence-corrected chi connectivity index (χ1v) is 13.7. The maximum Gasteiger partial charge on any atom is 0.453 e. The number of unbranched alkanes of at least 4 members (excludes halogenated alkanes) is 1. The first-order chi connectivity index (χ1) is 17.6. The highest BCUT2D eigenvalue weighted by atomic mass is 32.2. The fourth-order valence-electron chi connectivity index (χ4n) is 4.25. The van der Waals surface area contributed by atoms with E-state index in [9.17, 15) is 26.4 Å². The van der Waals surface area contributed by atoms with Crippen LogP contribution in [0.3, 0.4) is 0 Å². The normalized spacial score (nSPS) is 15.9. The van der Waals surface area contributed by atoms with Crippen LogP contribution >= 0.6 is 0 Å². The molecule has 2 aromatic rings. The summed E-state index contributed by atoms with van der Waals surface area (Å²) in [7, 11) is -4.70. The van der Waals surface area contributed by atoms with Crippen LogP contribution in [0.2, 0.25) is 0 Å². The highest BCUT2D eigenvalue weighted by Crippen LogP contribution is 2.43. The van der Waals surface area contributed by atoms with Gasteiger partial charge in [0.05, 0.1) is 6.61 Å². The molecule has 0 aromatic heterocycles. The third-order valence-electron chi connectivity index (χ3n) is 6.04. The van der Waals surface area contributed by atoms with Crippen LogP contribution in [0.25, 0.3) is 0 Å². The Morgan fingerprint density at radius 3 is 2.46 bits per heavy atom. The second-order valence-electron chi connectivity index (χ2n) is 8.87. The Bertz CT molecular complexity index is 1150. The molecule has 1 unspecified atom stereocenters. The van der Waals surface area contributed by atoms with Crippen LogP contribution in [-0.4, -0.2) is 38.0 Å². The molecule has 37 heavy (non-hydrogen) atoms. The van der Waals surface area contributed by atoms with Crippen LogP contribution in [0.5, 0.6) is 5.75 Å². The Balaban J connectivity index is 1.80. The summed E-state index contributed by atoms with van der Waals surface area (Å²) in [5.74, 6) is -0.243. The Morgan fingerprint density at radius 2 is 1.81 bits per heavy atom. The van der Waals surface area contributed by atoms with Crippen molar-refractivity contribution in [3.63, 3.8) is 0 Å². The van der Waals surface area contributed by atoms with Gasteiger partial charge in [0.1, 0.15) is 17.9 Å². The predicted octanol–water partition coefficient (Wildman–Crippen LogP) is 6.05. The van der Waals surface area contributed by atoms with E-state index < -0.39 is 33.2 Å². The number of carbonyl (C=O) groups is 1. The topological polar surface area (TPSA) is 82.1 Å². The lowest BCUT2D eigenvalue weighted by molar-refractivity contribution is -0.140. The zero-order valence-corrected chi connectivity index (χ0v) is 21.7. The van der Waals surface area contributed by atoms with Crippen LogP contribution < -0.4 is 4.74 Å². The molecule has 2 aromatic carbocycles. The summed E-state index contributed by atoms with van der Waals surface area (Å²) in [6.45, 7) is 3.79. The lowest BCUT2D eigenvalue weighted by atomic mass is 9.84. The predicted molar refractivity (Wildman–Crippen MR) is 131 cm³/mol. The lowest BCUT2D eigenvalue weighted by Crippen LogP contribution is -2.42. The van der Waals surface area contributed by atoms with Gasteiger partial charge in [-0.25, -0.2) is 4.79 Å². The molecule has 1 aliphatic carbocycles. The highest BCUT2D eigenvalue weighted by Gasteiger charge is 2.41. The molecule has 0 bridgehead atoms. The molecular weight excluding hydrogens is 511 g/mol. The number of alkyl halides is 3. The summed E-state index contributed by atoms with van der Waals surface area (Å²) in [5.41, 5.74) is 0.500. The minimum Gasteiger partial charge on any atom is -0.488 e. The summed E-state index contributed by atoms with van der Waals surface area (Å²) in [5, 5.41) is -0.301. The zero-order valence-electron chi connectivity index (χ0n) is 20.9. The van der Waals surface area contributed by atoms with Crippen molar-refractivity contribution in [2.24, 2.45) is 0 Å². The molecular formula is C26H32F3NO6S. The average Bonchev–Trinajstić information content (AvgIpc) is 2.86. The maximum atomic E-state index is 14.1. The van der Waals surface area contributed by atoms with E-state index in [2.05, 4.69) is 0 Å². The van der Waals surface area contributed by atoms with E-state index in [0.717, 1.165) is 12.0 Å².